The third kappa shape index (κ3) is 24.8. The van der Waals surface area contributed by atoms with E-state index in [1.54, 1.807) is 12.8 Å². The van der Waals surface area contributed by atoms with Gasteiger partial charge >= 0.3 is 51.0 Å². The van der Waals surface area contributed by atoms with Crippen molar-refractivity contribution in [2.24, 2.45) is 0 Å². The van der Waals surface area contributed by atoms with Crippen LogP contribution in [0.3, 0.4) is 0 Å². The van der Waals surface area contributed by atoms with Crippen LogP contribution in [-0.2, 0) is 56.3 Å². The van der Waals surface area contributed by atoms with Gasteiger partial charge in [0, 0.05) is 19.1 Å². The number of aliphatic hydroxyl groups is 1. The van der Waals surface area contributed by atoms with Crippen LogP contribution >= 0.6 is 0 Å². The molecule has 10 heteroatoms. The summed E-state index contributed by atoms with van der Waals surface area (Å²) in [6.45, 7) is 29.4. The molecule has 229 valence electrons. The van der Waals surface area contributed by atoms with Crippen LogP contribution in [-0.4, -0.2) is 44.8 Å². The summed E-state index contributed by atoms with van der Waals surface area (Å²) in [5.74, 6) is 0. The van der Waals surface area contributed by atoms with E-state index in [-0.39, 0.29) is 34.3 Å². The van der Waals surface area contributed by atoms with E-state index in [1.807, 2.05) is 24.6 Å². The molecule has 1 N–H and O–H groups in total. The summed E-state index contributed by atoms with van der Waals surface area (Å²) < 4.78 is 40.1. The number of rotatable bonds is 19. The average molecular weight is 631 g/mol. The minimum Gasteiger partial charge on any atom is 2.00 e. The molecule has 0 spiro atoms. The second-order valence-corrected chi connectivity index (χ2v) is 15.2. The maximum absolute atomic E-state index is 10.7. The molecule has 0 unspecified atom stereocenters. The smallest absolute Gasteiger partial charge is 2.00 e. The van der Waals surface area contributed by atoms with Crippen LogP contribution in [0.2, 0.25) is 18.1 Å². The molecule has 0 aliphatic carbocycles. The van der Waals surface area contributed by atoms with Crippen LogP contribution in [0.5, 0.6) is 0 Å². The molecule has 3 radical (unpaired) electrons. The van der Waals surface area contributed by atoms with E-state index in [4.69, 9.17) is 27.9 Å². The summed E-state index contributed by atoms with van der Waals surface area (Å²) in [5, 5.41) is 10.8. The van der Waals surface area contributed by atoms with Crippen molar-refractivity contribution >= 4 is 14.8 Å². The van der Waals surface area contributed by atoms with Crippen molar-refractivity contribution in [2.75, 3.05) is 6.61 Å². The number of benzene rings is 1. The Bertz CT molecular complexity index is 764. The van der Waals surface area contributed by atoms with Gasteiger partial charge in [-0.05, 0) is 62.2 Å². The van der Waals surface area contributed by atoms with Crippen molar-refractivity contribution in [3.05, 3.63) is 75.1 Å². The van der Waals surface area contributed by atoms with Gasteiger partial charge in [-0.15, -0.1) is 0 Å². The van der Waals surface area contributed by atoms with Gasteiger partial charge in [0.05, 0.1) is 18.8 Å². The van der Waals surface area contributed by atoms with Crippen LogP contribution in [0.25, 0.3) is 0 Å². The molecule has 8 nitrogen and oxygen atoms in total. The van der Waals surface area contributed by atoms with Crippen LogP contribution in [0, 0.1) is 39.2 Å². The Balaban J connectivity index is -0.000000913. The maximum Gasteiger partial charge on any atom is 2.00 e. The molecule has 1 aromatic carbocycles. The maximum atomic E-state index is 10.7. The monoisotopic (exact) mass is 630 g/mol. The summed E-state index contributed by atoms with van der Waals surface area (Å²) in [6.07, 6.45) is 9.45. The number of hydrogen-bond donors (Lipinski definition) is 1. The Hall–Kier alpha value is -1.47. The zero-order valence-corrected chi connectivity index (χ0v) is 27.3. The van der Waals surface area contributed by atoms with Crippen LogP contribution < -0.4 is 0 Å². The molecule has 0 fully saturated rings. The van der Waals surface area contributed by atoms with Crippen LogP contribution in [0.15, 0.2) is 30.3 Å². The van der Waals surface area contributed by atoms with Crippen molar-refractivity contribution in [3.63, 3.8) is 0 Å². The number of hydrogen-bond acceptors (Lipinski definition) is 5. The number of ether oxygens (including phenoxy) is 2. The Morgan fingerprint density at radius 2 is 1.59 bits per heavy atom. The van der Waals surface area contributed by atoms with E-state index in [0.29, 0.717) is 19.6 Å². The van der Waals surface area contributed by atoms with Crippen LogP contribution in [0.1, 0.15) is 71.8 Å². The normalized spacial score (nSPS) is 12.6. The zero-order valence-electron chi connectivity index (χ0n) is 25.2. The molecule has 0 aromatic heterocycles. The molecule has 0 amide bonds. The van der Waals surface area contributed by atoms with Gasteiger partial charge in [0.2, 0.25) is 0 Å². The Kier molecular flexibility index (Phi) is 34.0. The topological polar surface area (TPSA) is 125 Å². The first-order chi connectivity index (χ1) is 19.1. The molecule has 0 saturated heterocycles. The predicted octanol–water partition coefficient (Wildman–Crippen LogP) is 6.27. The molecular formula is C31H46FeO8Si+. The van der Waals surface area contributed by atoms with Gasteiger partial charge < -0.3 is 23.8 Å². The van der Waals surface area contributed by atoms with E-state index in [0.717, 1.165) is 37.7 Å². The Morgan fingerprint density at radius 1 is 1.00 bits per heavy atom. The summed E-state index contributed by atoms with van der Waals surface area (Å²) in [4.78, 5) is 10.7. The number of aliphatic hydroxyl groups excluding tert-OH is 1. The van der Waals surface area contributed by atoms with Gasteiger partial charge in [-0.2, -0.15) is 0 Å². The standard InChI is InChI=1S/C28H46O5Si.3CO.Fe/c1-7-8-10-17-26(32-23-29)18-13-16-25(30)21-27(33-34(5,6)28(2,3)4)19-20-31-22-24-14-11-9-12-15-24;3*1-2;/h9,11-16,18,25-27,30H,7-8,10,17,19-22H2,1-6H3;;;;/q-1;;;;+2/t25-,26-,27+;;;;/m1..../s1. The molecule has 0 aliphatic rings. The third-order valence-corrected chi connectivity index (χ3v) is 11.0. The fraction of sp³-hybridized carbons (Fsp3) is 0.581. The molecular weight excluding hydrogens is 584 g/mol. The van der Waals surface area contributed by atoms with Gasteiger partial charge in [-0.3, -0.25) is 0 Å². The molecule has 41 heavy (non-hydrogen) atoms. The molecule has 0 saturated carbocycles. The van der Waals surface area contributed by atoms with E-state index >= 15 is 0 Å². The molecule has 3 atom stereocenters. The Morgan fingerprint density at radius 3 is 2.10 bits per heavy atom. The summed E-state index contributed by atoms with van der Waals surface area (Å²) in [5.41, 5.74) is 1.14. The fourth-order valence-electron chi connectivity index (χ4n) is 3.31. The van der Waals surface area contributed by atoms with Crippen molar-refractivity contribution in [1.29, 1.82) is 0 Å². The van der Waals surface area contributed by atoms with Crippen LogP contribution in [0.4, 0.5) is 0 Å². The first-order valence-electron chi connectivity index (χ1n) is 13.2. The van der Waals surface area contributed by atoms with Crippen molar-refractivity contribution in [1.82, 2.24) is 0 Å². The van der Waals surface area contributed by atoms with E-state index < -0.39 is 14.4 Å². The quantitative estimate of drug-likeness (QED) is 0.0836. The van der Waals surface area contributed by atoms with Gasteiger partial charge in [0.25, 0.3) is 0 Å². The predicted molar refractivity (Wildman–Crippen MR) is 153 cm³/mol. The van der Waals surface area contributed by atoms with Gasteiger partial charge in [0.15, 0.2) is 8.32 Å². The molecule has 1 aromatic rings. The first-order valence-corrected chi connectivity index (χ1v) is 16.1. The second kappa shape index (κ2) is 30.0. The summed E-state index contributed by atoms with van der Waals surface area (Å²) in [6, 6.07) is 10.1. The molecule has 0 heterocycles. The second-order valence-electron chi connectivity index (χ2n) is 10.4. The Labute approximate surface area is 260 Å². The largest absolute Gasteiger partial charge is 2.00 e. The van der Waals surface area contributed by atoms with E-state index in [2.05, 4.69) is 72.9 Å². The SMILES string of the molecule is CCCCC[C@H]([CH][CH][CH][C@@H](O)C[C@H](CCOCc1ccccc1)O[Si](C)(C)C(C)(C)C)O[C-]=O.[C-]#[O+].[C-]#[O+].[C-]#[O+].[Fe+2]. The van der Waals surface area contributed by atoms with Crippen molar-refractivity contribution in [3.8, 4) is 0 Å². The van der Waals surface area contributed by atoms with Gasteiger partial charge in [-0.1, -0.05) is 77.3 Å². The molecule has 1 rings (SSSR count). The number of unbranched alkanes of at least 4 members (excludes halogenated alkanes) is 2. The molecule has 0 bridgehead atoms. The summed E-state index contributed by atoms with van der Waals surface area (Å²) in [7, 11) is -2.00. The summed E-state index contributed by atoms with van der Waals surface area (Å²) >= 11 is 0. The van der Waals surface area contributed by atoms with Gasteiger partial charge in [0.1, 0.15) is 0 Å². The zero-order chi connectivity index (χ0) is 31.5. The van der Waals surface area contributed by atoms with Crippen molar-refractivity contribution in [2.45, 2.75) is 109 Å². The first kappa shape index (κ1) is 46.5. The minimum atomic E-state index is -2.00. The number of carbonyl (C=O) groups excluding carboxylic acids is 1. The average Bonchev–Trinajstić information content (AvgIpc) is 2.94. The minimum absolute atomic E-state index is 0. The van der Waals surface area contributed by atoms with Gasteiger partial charge in [-0.25, -0.2) is 0 Å². The van der Waals surface area contributed by atoms with E-state index in [1.165, 1.54) is 6.47 Å². The third-order valence-electron chi connectivity index (χ3n) is 6.42. The van der Waals surface area contributed by atoms with E-state index in [9.17, 15) is 9.90 Å². The van der Waals surface area contributed by atoms with Crippen molar-refractivity contribution < 1.29 is 54.8 Å². The fourth-order valence-corrected chi connectivity index (χ4v) is 4.71. The molecule has 0 aliphatic heterocycles.